The van der Waals surface area contributed by atoms with Gasteiger partial charge in [-0.15, -0.1) is 0 Å². The van der Waals surface area contributed by atoms with Crippen molar-refractivity contribution in [3.05, 3.63) is 64.4 Å². The summed E-state index contributed by atoms with van der Waals surface area (Å²) < 4.78 is 10.9. The van der Waals surface area contributed by atoms with Gasteiger partial charge in [-0.05, 0) is 42.0 Å². The number of rotatable bonds is 3. The predicted octanol–water partition coefficient (Wildman–Crippen LogP) is 2.58. The molecule has 1 saturated heterocycles. The maximum atomic E-state index is 11.4. The van der Waals surface area contributed by atoms with E-state index in [2.05, 4.69) is 39.0 Å². The molecule has 1 N–H and O–H groups in total. The van der Waals surface area contributed by atoms with E-state index in [0.29, 0.717) is 6.79 Å². The van der Waals surface area contributed by atoms with Crippen molar-refractivity contribution in [3.8, 4) is 11.5 Å². The molecular formula is C21H21N3O3. The lowest BCUT2D eigenvalue weighted by Gasteiger charge is -2.36. The number of H-pyrrole nitrogens is 1. The Morgan fingerprint density at radius 2 is 1.74 bits per heavy atom. The van der Waals surface area contributed by atoms with Gasteiger partial charge < -0.3 is 19.4 Å². The van der Waals surface area contributed by atoms with E-state index in [1.807, 2.05) is 18.2 Å². The Labute approximate surface area is 156 Å². The molecule has 0 spiro atoms. The molecule has 27 heavy (non-hydrogen) atoms. The monoisotopic (exact) mass is 363 g/mol. The topological polar surface area (TPSA) is 57.8 Å². The third-order valence-corrected chi connectivity index (χ3v) is 5.29. The SMILES string of the molecule is O=c1ccc2cc(N3CCN(Cc4ccc5c(c4)OCO5)CC3)ccc2[nH]1. The van der Waals surface area contributed by atoms with Crippen LogP contribution in [0.1, 0.15) is 5.56 Å². The van der Waals surface area contributed by atoms with Crippen molar-refractivity contribution in [2.24, 2.45) is 0 Å². The maximum absolute atomic E-state index is 11.4. The van der Waals surface area contributed by atoms with Crippen molar-refractivity contribution in [3.63, 3.8) is 0 Å². The first-order valence-electron chi connectivity index (χ1n) is 9.23. The molecule has 0 amide bonds. The summed E-state index contributed by atoms with van der Waals surface area (Å²) >= 11 is 0. The summed E-state index contributed by atoms with van der Waals surface area (Å²) in [5.41, 5.74) is 3.28. The zero-order valence-electron chi connectivity index (χ0n) is 15.0. The molecule has 0 bridgehead atoms. The third kappa shape index (κ3) is 3.24. The van der Waals surface area contributed by atoms with Crippen molar-refractivity contribution >= 4 is 16.6 Å². The number of benzene rings is 2. The zero-order chi connectivity index (χ0) is 18.2. The molecule has 2 aliphatic heterocycles. The molecule has 6 nitrogen and oxygen atoms in total. The summed E-state index contributed by atoms with van der Waals surface area (Å²) in [6, 6.07) is 15.9. The number of hydrogen-bond donors (Lipinski definition) is 1. The average Bonchev–Trinajstić information content (AvgIpc) is 3.16. The highest BCUT2D eigenvalue weighted by molar-refractivity contribution is 5.82. The minimum Gasteiger partial charge on any atom is -0.454 e. The van der Waals surface area contributed by atoms with Gasteiger partial charge in [-0.1, -0.05) is 6.07 Å². The van der Waals surface area contributed by atoms with Crippen LogP contribution in [0.4, 0.5) is 5.69 Å². The van der Waals surface area contributed by atoms with Crippen molar-refractivity contribution < 1.29 is 9.47 Å². The van der Waals surface area contributed by atoms with Crippen LogP contribution in [0.25, 0.3) is 10.9 Å². The Morgan fingerprint density at radius 3 is 2.63 bits per heavy atom. The quantitative estimate of drug-likeness (QED) is 0.775. The first-order chi connectivity index (χ1) is 13.2. The van der Waals surface area contributed by atoms with E-state index in [1.54, 1.807) is 6.07 Å². The van der Waals surface area contributed by atoms with E-state index in [9.17, 15) is 4.79 Å². The van der Waals surface area contributed by atoms with Gasteiger partial charge in [0.1, 0.15) is 0 Å². The van der Waals surface area contributed by atoms with E-state index in [-0.39, 0.29) is 5.56 Å². The highest BCUT2D eigenvalue weighted by Crippen LogP contribution is 2.33. The van der Waals surface area contributed by atoms with Crippen LogP contribution in [-0.2, 0) is 6.54 Å². The fourth-order valence-corrected chi connectivity index (χ4v) is 3.80. The predicted molar refractivity (Wildman–Crippen MR) is 105 cm³/mol. The van der Waals surface area contributed by atoms with Crippen LogP contribution in [0.15, 0.2) is 53.3 Å². The van der Waals surface area contributed by atoms with E-state index < -0.39 is 0 Å². The number of anilines is 1. The summed E-state index contributed by atoms with van der Waals surface area (Å²) in [6.07, 6.45) is 0. The molecule has 2 aliphatic rings. The van der Waals surface area contributed by atoms with Crippen LogP contribution in [0.2, 0.25) is 0 Å². The molecule has 3 aromatic rings. The van der Waals surface area contributed by atoms with Crippen molar-refractivity contribution in [2.75, 3.05) is 37.9 Å². The van der Waals surface area contributed by atoms with Gasteiger partial charge in [0.2, 0.25) is 12.4 Å². The van der Waals surface area contributed by atoms with Crippen molar-refractivity contribution in [1.29, 1.82) is 0 Å². The fourth-order valence-electron chi connectivity index (χ4n) is 3.80. The van der Waals surface area contributed by atoms with Crippen molar-refractivity contribution in [2.45, 2.75) is 6.54 Å². The zero-order valence-corrected chi connectivity index (χ0v) is 15.0. The second-order valence-corrected chi connectivity index (χ2v) is 7.04. The van der Waals surface area contributed by atoms with Gasteiger partial charge in [0, 0.05) is 55.4 Å². The van der Waals surface area contributed by atoms with Crippen LogP contribution in [0, 0.1) is 0 Å². The second-order valence-electron chi connectivity index (χ2n) is 7.04. The van der Waals surface area contributed by atoms with Crippen LogP contribution in [-0.4, -0.2) is 42.9 Å². The van der Waals surface area contributed by atoms with E-state index in [1.165, 1.54) is 11.3 Å². The lowest BCUT2D eigenvalue weighted by molar-refractivity contribution is 0.174. The summed E-state index contributed by atoms with van der Waals surface area (Å²) in [5.74, 6) is 1.68. The molecule has 3 heterocycles. The molecule has 5 rings (SSSR count). The van der Waals surface area contributed by atoms with Gasteiger partial charge in [0.15, 0.2) is 11.5 Å². The van der Waals surface area contributed by atoms with Gasteiger partial charge in [-0.2, -0.15) is 0 Å². The molecule has 138 valence electrons. The number of ether oxygens (including phenoxy) is 2. The van der Waals surface area contributed by atoms with Crippen LogP contribution >= 0.6 is 0 Å². The number of aromatic amines is 1. The van der Waals surface area contributed by atoms with Crippen LogP contribution < -0.4 is 19.9 Å². The number of hydrogen-bond acceptors (Lipinski definition) is 5. The van der Waals surface area contributed by atoms with E-state index in [0.717, 1.165) is 55.1 Å². The smallest absolute Gasteiger partial charge is 0.248 e. The lowest BCUT2D eigenvalue weighted by atomic mass is 10.1. The Morgan fingerprint density at radius 1 is 0.889 bits per heavy atom. The van der Waals surface area contributed by atoms with Gasteiger partial charge in [0.25, 0.3) is 0 Å². The Kier molecular flexibility index (Phi) is 3.98. The van der Waals surface area contributed by atoms with Gasteiger partial charge in [-0.3, -0.25) is 9.69 Å². The molecule has 0 radical (unpaired) electrons. The first-order valence-corrected chi connectivity index (χ1v) is 9.23. The second kappa shape index (κ2) is 6.63. The number of fused-ring (bicyclic) bond motifs is 2. The molecule has 1 fully saturated rings. The van der Waals surface area contributed by atoms with Gasteiger partial charge in [-0.25, -0.2) is 0 Å². The number of pyridine rings is 1. The summed E-state index contributed by atoms with van der Waals surface area (Å²) in [4.78, 5) is 19.2. The standard InChI is InChI=1S/C21H21N3O3/c25-21-6-2-16-12-17(3-4-18(16)22-21)24-9-7-23(8-10-24)13-15-1-5-19-20(11-15)27-14-26-19/h1-6,11-12H,7-10,13-14H2,(H,22,25). The number of piperazine rings is 1. The Bertz CT molecular complexity index is 1040. The molecule has 0 atom stereocenters. The average molecular weight is 363 g/mol. The lowest BCUT2D eigenvalue weighted by Crippen LogP contribution is -2.45. The van der Waals surface area contributed by atoms with Crippen molar-refractivity contribution in [1.82, 2.24) is 9.88 Å². The summed E-state index contributed by atoms with van der Waals surface area (Å²) in [5, 5.41) is 1.06. The molecular weight excluding hydrogens is 342 g/mol. The normalized spacial score (nSPS) is 16.8. The number of nitrogens with zero attached hydrogens (tertiary/aromatic N) is 2. The highest BCUT2D eigenvalue weighted by atomic mass is 16.7. The molecule has 0 saturated carbocycles. The summed E-state index contributed by atoms with van der Waals surface area (Å²) in [6.45, 7) is 5.23. The molecule has 2 aromatic carbocycles. The number of nitrogens with one attached hydrogen (secondary N) is 1. The molecule has 1 aromatic heterocycles. The minimum absolute atomic E-state index is 0.0626. The highest BCUT2D eigenvalue weighted by Gasteiger charge is 2.19. The maximum Gasteiger partial charge on any atom is 0.248 e. The minimum atomic E-state index is -0.0626. The number of aromatic nitrogens is 1. The molecule has 6 heteroatoms. The Balaban J connectivity index is 1.25. The van der Waals surface area contributed by atoms with Gasteiger partial charge >= 0.3 is 0 Å². The summed E-state index contributed by atoms with van der Waals surface area (Å²) in [7, 11) is 0. The fraction of sp³-hybridized carbons (Fsp3) is 0.286. The van der Waals surface area contributed by atoms with Crippen LogP contribution in [0.5, 0.6) is 11.5 Å². The molecule has 0 aliphatic carbocycles. The first kappa shape index (κ1) is 16.2. The molecule has 0 unspecified atom stereocenters. The Hall–Kier alpha value is -2.99. The van der Waals surface area contributed by atoms with Gasteiger partial charge in [0.05, 0.1) is 0 Å². The van der Waals surface area contributed by atoms with E-state index >= 15 is 0 Å². The largest absolute Gasteiger partial charge is 0.454 e. The third-order valence-electron chi connectivity index (χ3n) is 5.29. The van der Waals surface area contributed by atoms with Crippen LogP contribution in [0.3, 0.4) is 0 Å². The van der Waals surface area contributed by atoms with E-state index in [4.69, 9.17) is 9.47 Å².